The Morgan fingerprint density at radius 3 is 2.33 bits per heavy atom. The Hall–Kier alpha value is -3.47. The molecule has 0 aliphatic rings. The number of rotatable bonds is 8. The van der Waals surface area contributed by atoms with Gasteiger partial charge in [-0.1, -0.05) is 42.5 Å². The van der Waals surface area contributed by atoms with Gasteiger partial charge < -0.3 is 20.1 Å². The lowest BCUT2D eigenvalue weighted by molar-refractivity contribution is -0.114. The lowest BCUT2D eigenvalue weighted by atomic mass is 10.2. The van der Waals surface area contributed by atoms with Crippen LogP contribution in [0.3, 0.4) is 0 Å². The largest absolute Gasteiger partial charge is 0.497 e. The van der Waals surface area contributed by atoms with Gasteiger partial charge in [-0.05, 0) is 29.8 Å². The molecule has 3 aromatic rings. The first-order valence-electron chi connectivity index (χ1n) is 8.67. The molecule has 1 amide bonds. The molecule has 0 atom stereocenters. The fourth-order valence-electron chi connectivity index (χ4n) is 2.53. The molecule has 138 valence electrons. The van der Waals surface area contributed by atoms with Crippen LogP contribution in [-0.4, -0.2) is 19.6 Å². The Kier molecular flexibility index (Phi) is 6.30. The van der Waals surface area contributed by atoms with Crippen LogP contribution in [0, 0.1) is 0 Å². The number of amides is 1. The van der Waals surface area contributed by atoms with Gasteiger partial charge in [-0.3, -0.25) is 4.79 Å². The summed E-state index contributed by atoms with van der Waals surface area (Å²) in [4.78, 5) is 12.1. The van der Waals surface area contributed by atoms with Gasteiger partial charge in [0.2, 0.25) is 5.91 Å². The van der Waals surface area contributed by atoms with E-state index in [1.165, 1.54) is 0 Å². The molecule has 5 nitrogen and oxygen atoms in total. The van der Waals surface area contributed by atoms with Crippen molar-refractivity contribution in [3.63, 3.8) is 0 Å². The highest BCUT2D eigenvalue weighted by atomic mass is 16.5. The number of methoxy groups -OCH3 is 1. The Bertz CT molecular complexity index is 881. The van der Waals surface area contributed by atoms with Gasteiger partial charge in [0, 0.05) is 23.5 Å². The van der Waals surface area contributed by atoms with Crippen molar-refractivity contribution in [2.45, 2.75) is 6.61 Å². The molecule has 0 aliphatic heterocycles. The van der Waals surface area contributed by atoms with E-state index in [-0.39, 0.29) is 12.5 Å². The van der Waals surface area contributed by atoms with E-state index in [2.05, 4.69) is 10.6 Å². The van der Waals surface area contributed by atoms with Crippen molar-refractivity contribution < 1.29 is 14.3 Å². The monoisotopic (exact) mass is 362 g/mol. The van der Waals surface area contributed by atoms with Crippen LogP contribution in [0.25, 0.3) is 0 Å². The van der Waals surface area contributed by atoms with Crippen LogP contribution in [0.1, 0.15) is 5.56 Å². The van der Waals surface area contributed by atoms with Crippen molar-refractivity contribution in [2.24, 2.45) is 0 Å². The summed E-state index contributed by atoms with van der Waals surface area (Å²) >= 11 is 0. The van der Waals surface area contributed by atoms with Gasteiger partial charge >= 0.3 is 0 Å². The molecule has 3 rings (SSSR count). The number of carbonyl (C=O) groups is 1. The molecule has 0 fully saturated rings. The fourth-order valence-corrected chi connectivity index (χ4v) is 2.53. The normalized spacial score (nSPS) is 10.1. The zero-order valence-electron chi connectivity index (χ0n) is 15.1. The minimum absolute atomic E-state index is 0.140. The predicted molar refractivity (Wildman–Crippen MR) is 107 cm³/mol. The van der Waals surface area contributed by atoms with Crippen molar-refractivity contribution >= 4 is 17.3 Å². The minimum Gasteiger partial charge on any atom is -0.497 e. The van der Waals surface area contributed by atoms with Crippen molar-refractivity contribution in [1.82, 2.24) is 0 Å². The second kappa shape index (κ2) is 9.29. The lowest BCUT2D eigenvalue weighted by Crippen LogP contribution is -2.21. The number of ether oxygens (including phenoxy) is 2. The molecule has 0 aromatic heterocycles. The van der Waals surface area contributed by atoms with Crippen molar-refractivity contribution in [1.29, 1.82) is 0 Å². The molecule has 5 heteroatoms. The summed E-state index contributed by atoms with van der Waals surface area (Å²) in [6.07, 6.45) is 0. The molecule has 3 aromatic carbocycles. The van der Waals surface area contributed by atoms with Gasteiger partial charge in [0.25, 0.3) is 0 Å². The number of hydrogen-bond donors (Lipinski definition) is 2. The first-order chi connectivity index (χ1) is 13.2. The van der Waals surface area contributed by atoms with Gasteiger partial charge in [0.15, 0.2) is 0 Å². The van der Waals surface area contributed by atoms with Crippen LogP contribution in [0.4, 0.5) is 11.4 Å². The summed E-state index contributed by atoms with van der Waals surface area (Å²) < 4.78 is 11.0. The summed E-state index contributed by atoms with van der Waals surface area (Å²) in [5.74, 6) is 1.31. The molecule has 27 heavy (non-hydrogen) atoms. The Labute approximate surface area is 158 Å². The average molecular weight is 362 g/mol. The van der Waals surface area contributed by atoms with E-state index in [0.29, 0.717) is 18.0 Å². The maximum absolute atomic E-state index is 12.1. The van der Waals surface area contributed by atoms with E-state index >= 15 is 0 Å². The maximum Gasteiger partial charge on any atom is 0.243 e. The van der Waals surface area contributed by atoms with Gasteiger partial charge in [-0.2, -0.15) is 0 Å². The van der Waals surface area contributed by atoms with Gasteiger partial charge in [-0.25, -0.2) is 0 Å². The molecule has 0 saturated heterocycles. The first-order valence-corrected chi connectivity index (χ1v) is 8.67. The van der Waals surface area contributed by atoms with Gasteiger partial charge in [0.05, 0.1) is 13.7 Å². The molecule has 0 unspecified atom stereocenters. The smallest absolute Gasteiger partial charge is 0.243 e. The SMILES string of the molecule is COc1cccc(NC(=O)CNc2cccc(OCc3ccccc3)c2)c1. The predicted octanol–water partition coefficient (Wildman–Crippen LogP) is 4.32. The second-order valence-electron chi connectivity index (χ2n) is 5.94. The zero-order valence-corrected chi connectivity index (χ0v) is 15.1. The highest BCUT2D eigenvalue weighted by Crippen LogP contribution is 2.19. The van der Waals surface area contributed by atoms with Crippen LogP contribution in [-0.2, 0) is 11.4 Å². The summed E-state index contributed by atoms with van der Waals surface area (Å²) in [6.45, 7) is 0.653. The Morgan fingerprint density at radius 2 is 1.56 bits per heavy atom. The van der Waals surface area contributed by atoms with Crippen LogP contribution in [0.2, 0.25) is 0 Å². The van der Waals surface area contributed by atoms with Gasteiger partial charge in [0.1, 0.15) is 18.1 Å². The number of anilines is 2. The standard InChI is InChI=1S/C22H22N2O3/c1-26-20-11-6-10-19(14-20)24-22(25)15-23-18-9-5-12-21(13-18)27-16-17-7-3-2-4-8-17/h2-14,23H,15-16H2,1H3,(H,24,25). The molecule has 0 spiro atoms. The van der Waals surface area contributed by atoms with Crippen molar-refractivity contribution in [2.75, 3.05) is 24.3 Å². The Balaban J connectivity index is 1.51. The molecule has 0 saturated carbocycles. The molecule has 0 aliphatic carbocycles. The topological polar surface area (TPSA) is 59.6 Å². The van der Waals surface area contributed by atoms with Crippen LogP contribution in [0.15, 0.2) is 78.9 Å². The third-order valence-electron chi connectivity index (χ3n) is 3.89. The van der Waals surface area contributed by atoms with E-state index < -0.39 is 0 Å². The highest BCUT2D eigenvalue weighted by Gasteiger charge is 2.04. The molecule has 2 N–H and O–H groups in total. The highest BCUT2D eigenvalue weighted by molar-refractivity contribution is 5.93. The molecule has 0 radical (unpaired) electrons. The third-order valence-corrected chi connectivity index (χ3v) is 3.89. The minimum atomic E-state index is -0.140. The summed E-state index contributed by atoms with van der Waals surface area (Å²) in [7, 11) is 1.59. The van der Waals surface area contributed by atoms with E-state index in [9.17, 15) is 4.79 Å². The number of hydrogen-bond acceptors (Lipinski definition) is 4. The molecular weight excluding hydrogens is 340 g/mol. The van der Waals surface area contributed by atoms with Gasteiger partial charge in [-0.15, -0.1) is 0 Å². The third kappa shape index (κ3) is 5.78. The number of carbonyl (C=O) groups excluding carboxylic acids is 1. The maximum atomic E-state index is 12.1. The zero-order chi connectivity index (χ0) is 18.9. The summed E-state index contributed by atoms with van der Waals surface area (Å²) in [6, 6.07) is 24.8. The molecule has 0 bridgehead atoms. The van der Waals surface area contributed by atoms with Crippen LogP contribution < -0.4 is 20.1 Å². The average Bonchev–Trinajstić information content (AvgIpc) is 2.72. The summed E-state index contributed by atoms with van der Waals surface area (Å²) in [5, 5.41) is 5.94. The fraction of sp³-hybridized carbons (Fsp3) is 0.136. The van der Waals surface area contributed by atoms with Crippen LogP contribution >= 0.6 is 0 Å². The van der Waals surface area contributed by atoms with E-state index in [1.54, 1.807) is 13.2 Å². The van der Waals surface area contributed by atoms with E-state index in [0.717, 1.165) is 17.0 Å². The first kappa shape index (κ1) is 18.3. The second-order valence-corrected chi connectivity index (χ2v) is 5.94. The summed E-state index contributed by atoms with van der Waals surface area (Å²) in [5.41, 5.74) is 2.62. The van der Waals surface area contributed by atoms with Crippen molar-refractivity contribution in [3.05, 3.63) is 84.4 Å². The van der Waals surface area contributed by atoms with E-state index in [1.807, 2.05) is 72.8 Å². The quantitative estimate of drug-likeness (QED) is 0.626. The number of nitrogens with one attached hydrogen (secondary N) is 2. The lowest BCUT2D eigenvalue weighted by Gasteiger charge is -2.11. The van der Waals surface area contributed by atoms with E-state index in [4.69, 9.17) is 9.47 Å². The molecule has 0 heterocycles. The van der Waals surface area contributed by atoms with Crippen LogP contribution in [0.5, 0.6) is 11.5 Å². The molecular formula is C22H22N2O3. The van der Waals surface area contributed by atoms with Crippen molar-refractivity contribution in [3.8, 4) is 11.5 Å². The Morgan fingerprint density at radius 1 is 0.852 bits per heavy atom. The number of benzene rings is 3.